The van der Waals surface area contributed by atoms with Crippen molar-refractivity contribution in [1.29, 1.82) is 0 Å². The van der Waals surface area contributed by atoms with Crippen molar-refractivity contribution >= 4 is 0 Å². The van der Waals surface area contributed by atoms with E-state index in [1.165, 1.54) is 24.9 Å². The first-order chi connectivity index (χ1) is 8.96. The van der Waals surface area contributed by atoms with E-state index in [-0.39, 0.29) is 5.54 Å². The van der Waals surface area contributed by atoms with Crippen LogP contribution in [0.2, 0.25) is 0 Å². The SMILES string of the molecule is CC(CCNC(C)(C)C)N1CCc2ccccc2C1. The van der Waals surface area contributed by atoms with Crippen molar-refractivity contribution in [3.8, 4) is 0 Å². The highest BCUT2D eigenvalue weighted by atomic mass is 15.2. The molecule has 2 rings (SSSR count). The normalized spacial score (nSPS) is 18.1. The van der Waals surface area contributed by atoms with Gasteiger partial charge in [0.2, 0.25) is 0 Å². The Morgan fingerprint density at radius 2 is 1.89 bits per heavy atom. The third-order valence-electron chi connectivity index (χ3n) is 4.00. The van der Waals surface area contributed by atoms with Gasteiger partial charge in [-0.2, -0.15) is 0 Å². The number of fused-ring (bicyclic) bond motifs is 1. The van der Waals surface area contributed by atoms with Gasteiger partial charge in [0.25, 0.3) is 0 Å². The van der Waals surface area contributed by atoms with Crippen LogP contribution in [0.3, 0.4) is 0 Å². The van der Waals surface area contributed by atoms with Crippen LogP contribution in [0.1, 0.15) is 45.2 Å². The monoisotopic (exact) mass is 260 g/mol. The maximum atomic E-state index is 3.58. The zero-order valence-electron chi connectivity index (χ0n) is 12.9. The highest BCUT2D eigenvalue weighted by Crippen LogP contribution is 2.21. The van der Waals surface area contributed by atoms with Crippen molar-refractivity contribution in [2.24, 2.45) is 0 Å². The van der Waals surface area contributed by atoms with Crippen LogP contribution in [-0.4, -0.2) is 29.6 Å². The Balaban J connectivity index is 1.83. The van der Waals surface area contributed by atoms with E-state index in [4.69, 9.17) is 0 Å². The molecule has 0 amide bonds. The number of nitrogens with zero attached hydrogens (tertiary/aromatic N) is 1. The summed E-state index contributed by atoms with van der Waals surface area (Å²) in [4.78, 5) is 2.62. The molecule has 1 aliphatic heterocycles. The molecule has 0 aliphatic carbocycles. The summed E-state index contributed by atoms with van der Waals surface area (Å²) in [5.41, 5.74) is 3.29. The van der Waals surface area contributed by atoms with Gasteiger partial charge in [-0.25, -0.2) is 0 Å². The molecule has 2 heteroatoms. The summed E-state index contributed by atoms with van der Waals surface area (Å²) < 4.78 is 0. The Morgan fingerprint density at radius 3 is 2.58 bits per heavy atom. The third kappa shape index (κ3) is 4.32. The smallest absolute Gasteiger partial charge is 0.0239 e. The predicted molar refractivity (Wildman–Crippen MR) is 82.4 cm³/mol. The van der Waals surface area contributed by atoms with Crippen LogP contribution in [0.15, 0.2) is 24.3 Å². The van der Waals surface area contributed by atoms with Gasteiger partial charge in [0, 0.05) is 24.7 Å². The largest absolute Gasteiger partial charge is 0.312 e. The molecule has 1 aromatic carbocycles. The fourth-order valence-corrected chi connectivity index (χ4v) is 2.73. The summed E-state index contributed by atoms with van der Waals surface area (Å²) in [5.74, 6) is 0. The summed E-state index contributed by atoms with van der Waals surface area (Å²) in [6.07, 6.45) is 2.42. The quantitative estimate of drug-likeness (QED) is 0.894. The second-order valence-corrected chi connectivity index (χ2v) is 6.80. The summed E-state index contributed by atoms with van der Waals surface area (Å²) in [6.45, 7) is 12.5. The van der Waals surface area contributed by atoms with E-state index < -0.39 is 0 Å². The molecule has 0 fully saturated rings. The van der Waals surface area contributed by atoms with Gasteiger partial charge in [-0.05, 0) is 58.2 Å². The van der Waals surface area contributed by atoms with Crippen molar-refractivity contribution < 1.29 is 0 Å². The number of hydrogen-bond donors (Lipinski definition) is 1. The van der Waals surface area contributed by atoms with Crippen LogP contribution < -0.4 is 5.32 Å². The molecule has 0 bridgehead atoms. The molecule has 2 nitrogen and oxygen atoms in total. The second-order valence-electron chi connectivity index (χ2n) is 6.80. The maximum Gasteiger partial charge on any atom is 0.0239 e. The average Bonchev–Trinajstić information content (AvgIpc) is 2.36. The van der Waals surface area contributed by atoms with E-state index >= 15 is 0 Å². The predicted octanol–water partition coefficient (Wildman–Crippen LogP) is 3.21. The number of rotatable bonds is 4. The van der Waals surface area contributed by atoms with Crippen LogP contribution in [0, 0.1) is 0 Å². The first-order valence-corrected chi connectivity index (χ1v) is 7.51. The molecule has 0 aromatic heterocycles. The minimum atomic E-state index is 0.230. The molecule has 1 heterocycles. The summed E-state index contributed by atoms with van der Waals surface area (Å²) in [7, 11) is 0. The third-order valence-corrected chi connectivity index (χ3v) is 4.00. The summed E-state index contributed by atoms with van der Waals surface area (Å²) in [6, 6.07) is 9.53. The molecule has 1 aliphatic rings. The van der Waals surface area contributed by atoms with Crippen LogP contribution >= 0.6 is 0 Å². The van der Waals surface area contributed by atoms with E-state index in [0.717, 1.165) is 13.1 Å². The zero-order valence-corrected chi connectivity index (χ0v) is 12.9. The molecule has 0 spiro atoms. The van der Waals surface area contributed by atoms with E-state index in [9.17, 15) is 0 Å². The molecule has 1 atom stereocenters. The van der Waals surface area contributed by atoms with E-state index in [2.05, 4.69) is 62.2 Å². The lowest BCUT2D eigenvalue weighted by atomic mass is 9.98. The van der Waals surface area contributed by atoms with Crippen molar-refractivity contribution in [1.82, 2.24) is 10.2 Å². The van der Waals surface area contributed by atoms with Crippen LogP contribution in [0.5, 0.6) is 0 Å². The number of nitrogens with one attached hydrogen (secondary N) is 1. The number of hydrogen-bond acceptors (Lipinski definition) is 2. The van der Waals surface area contributed by atoms with Crippen LogP contribution in [-0.2, 0) is 13.0 Å². The van der Waals surface area contributed by atoms with Crippen molar-refractivity contribution in [3.05, 3.63) is 35.4 Å². The molecular weight excluding hydrogens is 232 g/mol. The van der Waals surface area contributed by atoms with Gasteiger partial charge in [0.05, 0.1) is 0 Å². The maximum absolute atomic E-state index is 3.58. The molecule has 1 unspecified atom stereocenters. The van der Waals surface area contributed by atoms with E-state index in [1.54, 1.807) is 5.56 Å². The van der Waals surface area contributed by atoms with Gasteiger partial charge in [0.1, 0.15) is 0 Å². The second kappa shape index (κ2) is 6.06. The Kier molecular flexibility index (Phi) is 4.64. The van der Waals surface area contributed by atoms with Crippen LogP contribution in [0.25, 0.3) is 0 Å². The lowest BCUT2D eigenvalue weighted by Crippen LogP contribution is -2.42. The minimum Gasteiger partial charge on any atom is -0.312 e. The van der Waals surface area contributed by atoms with Crippen LogP contribution in [0.4, 0.5) is 0 Å². The van der Waals surface area contributed by atoms with Gasteiger partial charge in [0.15, 0.2) is 0 Å². The number of benzene rings is 1. The van der Waals surface area contributed by atoms with Gasteiger partial charge in [-0.3, -0.25) is 4.90 Å². The topological polar surface area (TPSA) is 15.3 Å². The standard InChI is InChI=1S/C17H28N2/c1-14(9-11-18-17(2,3)4)19-12-10-15-7-5-6-8-16(15)13-19/h5-8,14,18H,9-13H2,1-4H3. The average molecular weight is 260 g/mol. The van der Waals surface area contributed by atoms with Gasteiger partial charge >= 0.3 is 0 Å². The van der Waals surface area contributed by atoms with Crippen molar-refractivity contribution in [3.63, 3.8) is 0 Å². The minimum absolute atomic E-state index is 0.230. The Hall–Kier alpha value is -0.860. The molecule has 19 heavy (non-hydrogen) atoms. The van der Waals surface area contributed by atoms with Crippen molar-refractivity contribution in [2.75, 3.05) is 13.1 Å². The molecule has 0 saturated carbocycles. The molecular formula is C17H28N2. The first kappa shape index (κ1) is 14.5. The summed E-state index contributed by atoms with van der Waals surface area (Å²) >= 11 is 0. The van der Waals surface area contributed by atoms with Crippen molar-refractivity contribution in [2.45, 2.75) is 58.7 Å². The lowest BCUT2D eigenvalue weighted by molar-refractivity contribution is 0.179. The van der Waals surface area contributed by atoms with E-state index in [0.29, 0.717) is 6.04 Å². The van der Waals surface area contributed by atoms with Gasteiger partial charge < -0.3 is 5.32 Å². The van der Waals surface area contributed by atoms with Gasteiger partial charge in [-0.1, -0.05) is 24.3 Å². The molecule has 106 valence electrons. The molecule has 0 saturated heterocycles. The first-order valence-electron chi connectivity index (χ1n) is 7.51. The zero-order chi connectivity index (χ0) is 13.9. The fourth-order valence-electron chi connectivity index (χ4n) is 2.73. The molecule has 0 radical (unpaired) electrons. The highest BCUT2D eigenvalue weighted by molar-refractivity contribution is 5.29. The summed E-state index contributed by atoms with van der Waals surface area (Å²) in [5, 5.41) is 3.58. The Morgan fingerprint density at radius 1 is 1.21 bits per heavy atom. The highest BCUT2D eigenvalue weighted by Gasteiger charge is 2.20. The van der Waals surface area contributed by atoms with Gasteiger partial charge in [-0.15, -0.1) is 0 Å². The lowest BCUT2D eigenvalue weighted by Gasteiger charge is -2.34. The Bertz CT molecular complexity index is 406. The fraction of sp³-hybridized carbons (Fsp3) is 0.647. The Labute approximate surface area is 118 Å². The van der Waals surface area contributed by atoms with E-state index in [1.807, 2.05) is 0 Å². The molecule has 1 N–H and O–H groups in total. The molecule has 1 aromatic rings.